The van der Waals surface area contributed by atoms with E-state index in [1.54, 1.807) is 17.9 Å². The highest BCUT2D eigenvalue weighted by Gasteiger charge is 2.39. The average molecular weight is 274 g/mol. The van der Waals surface area contributed by atoms with Crippen LogP contribution in [0, 0.1) is 22.6 Å². The van der Waals surface area contributed by atoms with E-state index in [9.17, 15) is 14.4 Å². The summed E-state index contributed by atoms with van der Waals surface area (Å²) in [5, 5.41) is 9.57. The summed E-state index contributed by atoms with van der Waals surface area (Å²) in [6.45, 7) is 4.13. The maximum atomic E-state index is 13.3. The standard InChI is InChI=1S/C16H19FN2O/c1-12-9-16(11-18,6-7-19(12)13(2)20)10-14-4-3-5-15(17)8-14/h3-5,8,12H,6-7,9-10H2,1-2H3/t12-,16-/m0/s1. The first-order chi connectivity index (χ1) is 9.46. The molecule has 0 N–H and O–H groups in total. The Balaban J connectivity index is 2.16. The Kier molecular flexibility index (Phi) is 4.08. The maximum Gasteiger partial charge on any atom is 0.219 e. The minimum Gasteiger partial charge on any atom is -0.340 e. The van der Waals surface area contributed by atoms with E-state index in [1.807, 2.05) is 13.0 Å². The van der Waals surface area contributed by atoms with Crippen LogP contribution in [-0.4, -0.2) is 23.4 Å². The first-order valence-electron chi connectivity index (χ1n) is 6.89. The molecule has 3 nitrogen and oxygen atoms in total. The molecule has 0 aromatic heterocycles. The van der Waals surface area contributed by atoms with E-state index in [2.05, 4.69) is 6.07 Å². The van der Waals surface area contributed by atoms with Gasteiger partial charge in [0.15, 0.2) is 0 Å². The first kappa shape index (κ1) is 14.5. The topological polar surface area (TPSA) is 44.1 Å². The number of rotatable bonds is 2. The molecule has 0 unspecified atom stereocenters. The van der Waals surface area contributed by atoms with Gasteiger partial charge in [-0.1, -0.05) is 12.1 Å². The maximum absolute atomic E-state index is 13.3. The molecular weight excluding hydrogens is 255 g/mol. The summed E-state index contributed by atoms with van der Waals surface area (Å²) in [6, 6.07) is 8.88. The van der Waals surface area contributed by atoms with E-state index in [4.69, 9.17) is 0 Å². The molecule has 1 aliphatic rings. The predicted molar refractivity (Wildman–Crippen MR) is 74.2 cm³/mol. The van der Waals surface area contributed by atoms with Gasteiger partial charge in [0.05, 0.1) is 11.5 Å². The van der Waals surface area contributed by atoms with Crippen LogP contribution in [0.1, 0.15) is 32.3 Å². The van der Waals surface area contributed by atoms with E-state index in [0.29, 0.717) is 25.8 Å². The quantitative estimate of drug-likeness (QED) is 0.832. The van der Waals surface area contributed by atoms with Crippen LogP contribution in [0.15, 0.2) is 24.3 Å². The average Bonchev–Trinajstić information content (AvgIpc) is 2.38. The van der Waals surface area contributed by atoms with Gasteiger partial charge in [0, 0.05) is 19.5 Å². The third-order valence-corrected chi connectivity index (χ3v) is 4.12. The van der Waals surface area contributed by atoms with Crippen LogP contribution < -0.4 is 0 Å². The number of halogens is 1. The minimum absolute atomic E-state index is 0.0504. The molecule has 0 bridgehead atoms. The highest BCUT2D eigenvalue weighted by molar-refractivity contribution is 5.73. The van der Waals surface area contributed by atoms with Crippen LogP contribution in [0.4, 0.5) is 4.39 Å². The van der Waals surface area contributed by atoms with Crippen molar-refractivity contribution in [3.8, 4) is 6.07 Å². The van der Waals surface area contributed by atoms with Crippen LogP contribution >= 0.6 is 0 Å². The molecule has 1 saturated heterocycles. The number of benzene rings is 1. The molecule has 1 aromatic carbocycles. The Bertz CT molecular complexity index is 552. The van der Waals surface area contributed by atoms with Crippen LogP contribution in [0.2, 0.25) is 0 Å². The molecule has 1 aliphatic heterocycles. The van der Waals surface area contributed by atoms with E-state index < -0.39 is 5.41 Å². The Morgan fingerprint density at radius 2 is 2.35 bits per heavy atom. The summed E-state index contributed by atoms with van der Waals surface area (Å²) >= 11 is 0. The monoisotopic (exact) mass is 274 g/mol. The Hall–Kier alpha value is -1.89. The number of nitriles is 1. The van der Waals surface area contributed by atoms with Crippen molar-refractivity contribution in [3.63, 3.8) is 0 Å². The van der Waals surface area contributed by atoms with Crippen LogP contribution in [0.25, 0.3) is 0 Å². The van der Waals surface area contributed by atoms with Crippen molar-refractivity contribution in [1.82, 2.24) is 4.90 Å². The summed E-state index contributed by atoms with van der Waals surface area (Å²) in [6.07, 6.45) is 1.82. The lowest BCUT2D eigenvalue weighted by Crippen LogP contribution is -2.48. The van der Waals surface area contributed by atoms with Gasteiger partial charge in [0.1, 0.15) is 5.82 Å². The van der Waals surface area contributed by atoms with E-state index in [-0.39, 0.29) is 17.8 Å². The molecule has 1 amide bonds. The largest absolute Gasteiger partial charge is 0.340 e. The van der Waals surface area contributed by atoms with Crippen molar-refractivity contribution >= 4 is 5.91 Å². The van der Waals surface area contributed by atoms with Gasteiger partial charge in [-0.2, -0.15) is 5.26 Å². The number of carbonyl (C=O) groups is 1. The summed E-state index contributed by atoms with van der Waals surface area (Å²) in [4.78, 5) is 13.3. The molecular formula is C16H19FN2O. The van der Waals surface area contributed by atoms with Crippen molar-refractivity contribution < 1.29 is 9.18 Å². The number of carbonyl (C=O) groups excluding carboxylic acids is 1. The molecule has 2 rings (SSSR count). The van der Waals surface area contributed by atoms with Crippen molar-refractivity contribution in [2.45, 2.75) is 39.2 Å². The van der Waals surface area contributed by atoms with Gasteiger partial charge in [-0.3, -0.25) is 4.79 Å². The third-order valence-electron chi connectivity index (χ3n) is 4.12. The molecule has 1 fully saturated rings. The van der Waals surface area contributed by atoms with Crippen molar-refractivity contribution in [1.29, 1.82) is 5.26 Å². The van der Waals surface area contributed by atoms with E-state index in [0.717, 1.165) is 5.56 Å². The van der Waals surface area contributed by atoms with Gasteiger partial charge < -0.3 is 4.90 Å². The molecule has 0 radical (unpaired) electrons. The fourth-order valence-corrected chi connectivity index (χ4v) is 3.14. The second-order valence-corrected chi connectivity index (χ2v) is 5.71. The van der Waals surface area contributed by atoms with Gasteiger partial charge >= 0.3 is 0 Å². The normalized spacial score (nSPS) is 26.1. The number of amides is 1. The third kappa shape index (κ3) is 2.98. The smallest absolute Gasteiger partial charge is 0.219 e. The zero-order chi connectivity index (χ0) is 14.8. The first-order valence-corrected chi connectivity index (χ1v) is 6.89. The molecule has 2 atom stereocenters. The van der Waals surface area contributed by atoms with Crippen LogP contribution in [-0.2, 0) is 11.2 Å². The Labute approximate surface area is 119 Å². The highest BCUT2D eigenvalue weighted by Crippen LogP contribution is 2.37. The molecule has 0 aliphatic carbocycles. The summed E-state index contributed by atoms with van der Waals surface area (Å²) in [7, 11) is 0. The molecule has 0 spiro atoms. The predicted octanol–water partition coefficient (Wildman–Crippen LogP) is 2.91. The van der Waals surface area contributed by atoms with Crippen LogP contribution in [0.5, 0.6) is 0 Å². The molecule has 0 saturated carbocycles. The second-order valence-electron chi connectivity index (χ2n) is 5.71. The van der Waals surface area contributed by atoms with Gasteiger partial charge in [0.2, 0.25) is 5.91 Å². The van der Waals surface area contributed by atoms with Crippen molar-refractivity contribution in [2.75, 3.05) is 6.54 Å². The molecule has 1 heterocycles. The molecule has 106 valence electrons. The van der Waals surface area contributed by atoms with E-state index >= 15 is 0 Å². The number of hydrogen-bond donors (Lipinski definition) is 0. The molecule has 20 heavy (non-hydrogen) atoms. The fraction of sp³-hybridized carbons (Fsp3) is 0.500. The summed E-state index contributed by atoms with van der Waals surface area (Å²) in [5.41, 5.74) is 0.342. The highest BCUT2D eigenvalue weighted by atomic mass is 19.1. The zero-order valence-electron chi connectivity index (χ0n) is 11.9. The second kappa shape index (κ2) is 5.62. The van der Waals surface area contributed by atoms with Gasteiger partial charge in [-0.15, -0.1) is 0 Å². The number of piperidine rings is 1. The number of hydrogen-bond acceptors (Lipinski definition) is 2. The van der Waals surface area contributed by atoms with Crippen molar-refractivity contribution in [2.24, 2.45) is 5.41 Å². The van der Waals surface area contributed by atoms with Crippen molar-refractivity contribution in [3.05, 3.63) is 35.6 Å². The van der Waals surface area contributed by atoms with Gasteiger partial charge in [0.25, 0.3) is 0 Å². The number of nitrogens with zero attached hydrogens (tertiary/aromatic N) is 2. The summed E-state index contributed by atoms with van der Waals surface area (Å²) < 4.78 is 13.3. The van der Waals surface area contributed by atoms with Gasteiger partial charge in [-0.25, -0.2) is 4.39 Å². The number of likely N-dealkylation sites (tertiary alicyclic amines) is 1. The van der Waals surface area contributed by atoms with Crippen LogP contribution in [0.3, 0.4) is 0 Å². The lowest BCUT2D eigenvalue weighted by atomic mass is 9.72. The van der Waals surface area contributed by atoms with E-state index in [1.165, 1.54) is 12.1 Å². The lowest BCUT2D eigenvalue weighted by Gasteiger charge is -2.41. The van der Waals surface area contributed by atoms with Gasteiger partial charge in [-0.05, 0) is 43.9 Å². The fourth-order valence-electron chi connectivity index (χ4n) is 3.14. The zero-order valence-corrected chi connectivity index (χ0v) is 11.9. The Morgan fingerprint density at radius 1 is 1.60 bits per heavy atom. The Morgan fingerprint density at radius 3 is 2.90 bits per heavy atom. The minimum atomic E-state index is -0.501. The molecule has 1 aromatic rings. The summed E-state index contributed by atoms with van der Waals surface area (Å²) in [5.74, 6) is -0.223. The lowest BCUT2D eigenvalue weighted by molar-refractivity contribution is -0.133. The molecule has 4 heteroatoms. The SMILES string of the molecule is CC(=O)N1CC[C@@](C#N)(Cc2cccc(F)c2)C[C@@H]1C.